The minimum atomic E-state index is -3.65. The van der Waals surface area contributed by atoms with Crippen molar-refractivity contribution in [2.75, 3.05) is 26.3 Å². The predicted octanol–water partition coefficient (Wildman–Crippen LogP) is 3.17. The van der Waals surface area contributed by atoms with E-state index in [4.69, 9.17) is 4.74 Å². The van der Waals surface area contributed by atoms with Crippen LogP contribution in [0.3, 0.4) is 0 Å². The van der Waals surface area contributed by atoms with Gasteiger partial charge in [0.2, 0.25) is 15.9 Å². The number of carbonyl (C=O) groups is 1. The van der Waals surface area contributed by atoms with E-state index in [0.29, 0.717) is 24.7 Å². The fraction of sp³-hybridized carbons (Fsp3) is 0.696. The first-order chi connectivity index (χ1) is 14.3. The van der Waals surface area contributed by atoms with Crippen molar-refractivity contribution in [3.63, 3.8) is 0 Å². The molecule has 1 saturated carbocycles. The van der Waals surface area contributed by atoms with E-state index >= 15 is 0 Å². The van der Waals surface area contributed by atoms with Gasteiger partial charge in [0.05, 0.1) is 10.8 Å². The first-order valence-electron chi connectivity index (χ1n) is 11.3. The second-order valence-corrected chi connectivity index (χ2v) is 11.3. The van der Waals surface area contributed by atoms with Crippen molar-refractivity contribution in [1.29, 1.82) is 0 Å². The molecule has 4 rings (SSSR count). The lowest BCUT2D eigenvalue weighted by Gasteiger charge is -2.38. The van der Waals surface area contributed by atoms with Gasteiger partial charge in [0.15, 0.2) is 0 Å². The smallest absolute Gasteiger partial charge is 0.243 e. The molecule has 2 aliphatic heterocycles. The van der Waals surface area contributed by atoms with E-state index in [2.05, 4.69) is 5.32 Å². The standard InChI is InChI=1S/C23H34N2O4S/c1-17-8-9-18(2)21(14-17)30(27,28)25-15-20(23(16-25)10-12-29-13-11-23)22(26)24-19-6-4-3-5-7-19/h8-9,14,19-20H,3-7,10-13,15-16H2,1-2H3,(H,24,26). The number of nitrogens with one attached hydrogen (secondary N) is 1. The lowest BCUT2D eigenvalue weighted by atomic mass is 9.71. The Morgan fingerprint density at radius 2 is 1.83 bits per heavy atom. The Balaban J connectivity index is 1.60. The number of nitrogens with zero attached hydrogens (tertiary/aromatic N) is 1. The normalized spacial score (nSPS) is 25.5. The molecule has 1 atom stereocenters. The summed E-state index contributed by atoms with van der Waals surface area (Å²) in [6.07, 6.45) is 7.06. The van der Waals surface area contributed by atoms with Gasteiger partial charge in [-0.15, -0.1) is 0 Å². The molecule has 7 heteroatoms. The summed E-state index contributed by atoms with van der Waals surface area (Å²) in [5.41, 5.74) is 1.34. The third-order valence-electron chi connectivity index (χ3n) is 7.33. The third kappa shape index (κ3) is 4.16. The van der Waals surface area contributed by atoms with E-state index in [0.717, 1.165) is 49.7 Å². The second-order valence-electron chi connectivity index (χ2n) is 9.44. The molecular weight excluding hydrogens is 400 g/mol. The number of benzene rings is 1. The summed E-state index contributed by atoms with van der Waals surface area (Å²) >= 11 is 0. The average molecular weight is 435 g/mol. The van der Waals surface area contributed by atoms with Gasteiger partial charge in [-0.2, -0.15) is 4.31 Å². The maximum absolute atomic E-state index is 13.6. The zero-order chi connectivity index (χ0) is 21.4. The van der Waals surface area contributed by atoms with Crippen molar-refractivity contribution in [3.05, 3.63) is 29.3 Å². The average Bonchev–Trinajstić information content (AvgIpc) is 3.10. The van der Waals surface area contributed by atoms with Crippen molar-refractivity contribution in [1.82, 2.24) is 9.62 Å². The largest absolute Gasteiger partial charge is 0.381 e. The van der Waals surface area contributed by atoms with Crippen molar-refractivity contribution < 1.29 is 17.9 Å². The zero-order valence-corrected chi connectivity index (χ0v) is 19.0. The molecule has 1 aromatic carbocycles. The van der Waals surface area contributed by atoms with Crippen LogP contribution in [0.25, 0.3) is 0 Å². The Hall–Kier alpha value is -1.44. The maximum Gasteiger partial charge on any atom is 0.243 e. The molecule has 0 aromatic heterocycles. The first kappa shape index (κ1) is 21.8. The molecular formula is C23H34N2O4S. The summed E-state index contributed by atoms with van der Waals surface area (Å²) < 4.78 is 34.2. The van der Waals surface area contributed by atoms with Gasteiger partial charge in [0, 0.05) is 37.8 Å². The molecule has 0 radical (unpaired) electrons. The fourth-order valence-corrected chi connectivity index (χ4v) is 7.29. The van der Waals surface area contributed by atoms with Crippen LogP contribution in [0.15, 0.2) is 23.1 Å². The van der Waals surface area contributed by atoms with E-state index in [1.165, 1.54) is 6.42 Å². The Kier molecular flexibility index (Phi) is 6.24. The summed E-state index contributed by atoms with van der Waals surface area (Å²) in [6.45, 7) is 5.57. The van der Waals surface area contributed by atoms with Crippen LogP contribution in [0.2, 0.25) is 0 Å². The van der Waals surface area contributed by atoms with Crippen molar-refractivity contribution in [2.45, 2.75) is 69.7 Å². The number of aryl methyl sites for hydroxylation is 2. The minimum Gasteiger partial charge on any atom is -0.381 e. The van der Waals surface area contributed by atoms with Gasteiger partial charge in [-0.25, -0.2) is 8.42 Å². The Bertz CT molecular complexity index is 886. The molecule has 1 unspecified atom stereocenters. The van der Waals surface area contributed by atoms with Crippen molar-refractivity contribution >= 4 is 15.9 Å². The zero-order valence-electron chi connectivity index (χ0n) is 18.2. The molecule has 1 N–H and O–H groups in total. The summed E-state index contributed by atoms with van der Waals surface area (Å²) in [4.78, 5) is 13.7. The van der Waals surface area contributed by atoms with Gasteiger partial charge in [0.25, 0.3) is 0 Å². The molecule has 3 aliphatic rings. The van der Waals surface area contributed by atoms with Crippen LogP contribution in [-0.4, -0.2) is 51.0 Å². The van der Waals surface area contributed by atoms with Gasteiger partial charge in [-0.1, -0.05) is 31.4 Å². The van der Waals surface area contributed by atoms with Gasteiger partial charge in [0.1, 0.15) is 0 Å². The molecule has 1 aliphatic carbocycles. The highest BCUT2D eigenvalue weighted by Gasteiger charge is 2.53. The van der Waals surface area contributed by atoms with Crippen molar-refractivity contribution in [3.8, 4) is 0 Å². The van der Waals surface area contributed by atoms with Crippen molar-refractivity contribution in [2.24, 2.45) is 11.3 Å². The molecule has 2 heterocycles. The van der Waals surface area contributed by atoms with E-state index in [-0.39, 0.29) is 29.8 Å². The quantitative estimate of drug-likeness (QED) is 0.790. The van der Waals surface area contributed by atoms with E-state index in [1.807, 2.05) is 26.0 Å². The van der Waals surface area contributed by atoms with Crippen LogP contribution < -0.4 is 5.32 Å². The predicted molar refractivity (Wildman–Crippen MR) is 116 cm³/mol. The SMILES string of the molecule is Cc1ccc(C)c(S(=O)(=O)N2CC(C(=O)NC3CCCCC3)C3(CCOCC3)C2)c1. The molecule has 3 fully saturated rings. The number of hydrogen-bond acceptors (Lipinski definition) is 4. The summed E-state index contributed by atoms with van der Waals surface area (Å²) in [7, 11) is -3.65. The maximum atomic E-state index is 13.6. The lowest BCUT2D eigenvalue weighted by molar-refractivity contribution is -0.130. The summed E-state index contributed by atoms with van der Waals surface area (Å²) in [6, 6.07) is 5.76. The molecule has 1 spiro atoms. The Labute approximate surface area is 180 Å². The van der Waals surface area contributed by atoms with E-state index in [9.17, 15) is 13.2 Å². The van der Waals surface area contributed by atoms with Crippen LogP contribution >= 0.6 is 0 Å². The molecule has 1 amide bonds. The van der Waals surface area contributed by atoms with Gasteiger partial charge in [-0.3, -0.25) is 4.79 Å². The number of hydrogen-bond donors (Lipinski definition) is 1. The third-order valence-corrected chi connectivity index (χ3v) is 9.29. The van der Waals surface area contributed by atoms with Gasteiger partial charge < -0.3 is 10.1 Å². The van der Waals surface area contributed by atoms with E-state index < -0.39 is 10.0 Å². The number of ether oxygens (including phenoxy) is 1. The molecule has 1 aromatic rings. The Morgan fingerprint density at radius 1 is 1.13 bits per heavy atom. The second kappa shape index (κ2) is 8.60. The van der Waals surface area contributed by atoms with Crippen LogP contribution in [-0.2, 0) is 19.6 Å². The number of sulfonamides is 1. The molecule has 6 nitrogen and oxygen atoms in total. The fourth-order valence-electron chi connectivity index (χ4n) is 5.42. The number of amides is 1. The molecule has 30 heavy (non-hydrogen) atoms. The molecule has 2 saturated heterocycles. The highest BCUT2D eigenvalue weighted by Crippen LogP contribution is 2.46. The topological polar surface area (TPSA) is 75.7 Å². The van der Waals surface area contributed by atoms with Crippen LogP contribution in [0, 0.1) is 25.2 Å². The van der Waals surface area contributed by atoms with Crippen LogP contribution in [0.5, 0.6) is 0 Å². The summed E-state index contributed by atoms with van der Waals surface area (Å²) in [5, 5.41) is 3.26. The van der Waals surface area contributed by atoms with Crippen LogP contribution in [0.1, 0.15) is 56.1 Å². The van der Waals surface area contributed by atoms with Gasteiger partial charge >= 0.3 is 0 Å². The molecule has 0 bridgehead atoms. The highest BCUT2D eigenvalue weighted by molar-refractivity contribution is 7.89. The number of rotatable bonds is 4. The molecule has 166 valence electrons. The highest BCUT2D eigenvalue weighted by atomic mass is 32.2. The summed E-state index contributed by atoms with van der Waals surface area (Å²) in [5.74, 6) is -0.286. The minimum absolute atomic E-state index is 0.0301. The monoisotopic (exact) mass is 434 g/mol. The van der Waals surface area contributed by atoms with Crippen LogP contribution in [0.4, 0.5) is 0 Å². The van der Waals surface area contributed by atoms with Gasteiger partial charge in [-0.05, 0) is 56.7 Å². The first-order valence-corrected chi connectivity index (χ1v) is 12.7. The lowest BCUT2D eigenvalue weighted by Crippen LogP contribution is -2.47. The Morgan fingerprint density at radius 3 is 2.53 bits per heavy atom. The van der Waals surface area contributed by atoms with E-state index in [1.54, 1.807) is 10.4 Å². The number of carbonyl (C=O) groups excluding carboxylic acids is 1.